The molecule has 1 aliphatic rings. The maximum absolute atomic E-state index is 2.43. The smallest absolute Gasteiger partial charge is 0.0236 e. The molecule has 0 bridgehead atoms. The van der Waals surface area contributed by atoms with Crippen LogP contribution in [-0.2, 0) is 6.54 Å². The highest BCUT2D eigenvalue weighted by Gasteiger charge is 2.25. The van der Waals surface area contributed by atoms with Gasteiger partial charge >= 0.3 is 0 Å². The normalized spacial score (nSPS) is 19.2. The zero-order chi connectivity index (χ0) is 13.4. The lowest BCUT2D eigenvalue weighted by atomic mass is 9.83. The second-order valence-electron chi connectivity index (χ2n) is 5.80. The second-order valence-corrected chi connectivity index (χ2v) is 5.80. The molecular formula is C18H21N. The van der Waals surface area contributed by atoms with Crippen molar-refractivity contribution in [1.29, 1.82) is 0 Å². The molecule has 0 saturated carbocycles. The molecule has 1 atom stereocenters. The van der Waals surface area contributed by atoms with Gasteiger partial charge in [-0.25, -0.2) is 0 Å². The predicted molar refractivity (Wildman–Crippen MR) is 80.5 cm³/mol. The van der Waals surface area contributed by atoms with Crippen LogP contribution in [0.25, 0.3) is 0 Å². The van der Waals surface area contributed by atoms with E-state index in [1.807, 2.05) is 0 Å². The standard InChI is InChI=1S/C18H21N/c1-13-7-9-15(10-8-13)18-12-19(3)11-17-14(2)5-4-6-16(17)18/h4-10,18H,11-12H2,1-3H3. The van der Waals surface area contributed by atoms with Crippen LogP contribution >= 0.6 is 0 Å². The summed E-state index contributed by atoms with van der Waals surface area (Å²) >= 11 is 0. The molecule has 1 unspecified atom stereocenters. The van der Waals surface area contributed by atoms with Gasteiger partial charge in [-0.1, -0.05) is 48.0 Å². The van der Waals surface area contributed by atoms with Crippen molar-refractivity contribution < 1.29 is 0 Å². The number of hydrogen-bond donors (Lipinski definition) is 0. The summed E-state index contributed by atoms with van der Waals surface area (Å²) in [6.45, 7) is 6.56. The molecule has 1 heteroatoms. The lowest BCUT2D eigenvalue weighted by Crippen LogP contribution is -2.31. The lowest BCUT2D eigenvalue weighted by Gasteiger charge is -2.33. The van der Waals surface area contributed by atoms with Crippen LogP contribution in [0.5, 0.6) is 0 Å². The van der Waals surface area contributed by atoms with Gasteiger partial charge in [0.15, 0.2) is 0 Å². The number of fused-ring (bicyclic) bond motifs is 1. The maximum Gasteiger partial charge on any atom is 0.0236 e. The van der Waals surface area contributed by atoms with Gasteiger partial charge in [-0.3, -0.25) is 0 Å². The highest BCUT2D eigenvalue weighted by atomic mass is 15.1. The number of hydrogen-bond acceptors (Lipinski definition) is 1. The first-order valence-electron chi connectivity index (χ1n) is 6.98. The van der Waals surface area contributed by atoms with E-state index in [4.69, 9.17) is 0 Å². The van der Waals surface area contributed by atoms with Crippen molar-refractivity contribution in [2.75, 3.05) is 13.6 Å². The minimum atomic E-state index is 0.509. The molecule has 0 spiro atoms. The molecule has 0 aromatic heterocycles. The summed E-state index contributed by atoms with van der Waals surface area (Å²) in [5, 5.41) is 0. The molecule has 2 aromatic rings. The Labute approximate surface area is 115 Å². The predicted octanol–water partition coefficient (Wildman–Crippen LogP) is 3.88. The number of nitrogens with zero attached hydrogens (tertiary/aromatic N) is 1. The molecule has 0 aliphatic carbocycles. The number of benzene rings is 2. The average Bonchev–Trinajstić information content (AvgIpc) is 2.40. The van der Waals surface area contributed by atoms with Crippen molar-refractivity contribution in [3.8, 4) is 0 Å². The Kier molecular flexibility index (Phi) is 3.16. The molecule has 2 aromatic carbocycles. The quantitative estimate of drug-likeness (QED) is 0.743. The molecule has 0 N–H and O–H groups in total. The minimum absolute atomic E-state index is 0.509. The molecule has 98 valence electrons. The summed E-state index contributed by atoms with van der Waals surface area (Å²) in [6, 6.07) is 15.7. The average molecular weight is 251 g/mol. The van der Waals surface area contributed by atoms with Gasteiger partial charge in [-0.15, -0.1) is 0 Å². The van der Waals surface area contributed by atoms with Crippen molar-refractivity contribution >= 4 is 0 Å². The molecular weight excluding hydrogens is 230 g/mol. The SMILES string of the molecule is Cc1ccc(C2CN(C)Cc3c(C)cccc32)cc1. The van der Waals surface area contributed by atoms with E-state index in [-0.39, 0.29) is 0 Å². The first-order valence-corrected chi connectivity index (χ1v) is 6.98. The van der Waals surface area contributed by atoms with Crippen molar-refractivity contribution in [3.05, 3.63) is 70.3 Å². The fourth-order valence-electron chi connectivity index (χ4n) is 3.10. The van der Waals surface area contributed by atoms with E-state index in [0.717, 1.165) is 13.1 Å². The molecule has 1 aliphatic heterocycles. The van der Waals surface area contributed by atoms with E-state index in [2.05, 4.69) is 68.3 Å². The van der Waals surface area contributed by atoms with Crippen molar-refractivity contribution in [2.45, 2.75) is 26.3 Å². The second kappa shape index (κ2) is 4.82. The zero-order valence-electron chi connectivity index (χ0n) is 12.0. The summed E-state index contributed by atoms with van der Waals surface area (Å²) in [6.07, 6.45) is 0. The molecule has 3 rings (SSSR count). The third-order valence-electron chi connectivity index (χ3n) is 4.22. The van der Waals surface area contributed by atoms with E-state index in [0.29, 0.717) is 5.92 Å². The Balaban J connectivity index is 2.08. The molecule has 1 nitrogen and oxygen atoms in total. The summed E-state index contributed by atoms with van der Waals surface area (Å²) in [4.78, 5) is 2.43. The fourth-order valence-corrected chi connectivity index (χ4v) is 3.10. The third kappa shape index (κ3) is 2.31. The van der Waals surface area contributed by atoms with E-state index in [9.17, 15) is 0 Å². The van der Waals surface area contributed by atoms with Crippen LogP contribution in [0, 0.1) is 13.8 Å². The summed E-state index contributed by atoms with van der Waals surface area (Å²) in [7, 11) is 2.22. The highest BCUT2D eigenvalue weighted by molar-refractivity contribution is 5.44. The summed E-state index contributed by atoms with van der Waals surface area (Å²) < 4.78 is 0. The van der Waals surface area contributed by atoms with Gasteiger partial charge in [0, 0.05) is 19.0 Å². The van der Waals surface area contributed by atoms with Crippen LogP contribution in [0.15, 0.2) is 42.5 Å². The van der Waals surface area contributed by atoms with Crippen molar-refractivity contribution in [1.82, 2.24) is 4.90 Å². The molecule has 1 heterocycles. The van der Waals surface area contributed by atoms with Crippen LogP contribution in [-0.4, -0.2) is 18.5 Å². The van der Waals surface area contributed by atoms with Crippen molar-refractivity contribution in [3.63, 3.8) is 0 Å². The van der Waals surface area contributed by atoms with E-state index >= 15 is 0 Å². The van der Waals surface area contributed by atoms with Gasteiger partial charge in [0.2, 0.25) is 0 Å². The zero-order valence-corrected chi connectivity index (χ0v) is 12.0. The Morgan fingerprint density at radius 1 is 1.00 bits per heavy atom. The summed E-state index contributed by atoms with van der Waals surface area (Å²) in [5.41, 5.74) is 7.21. The molecule has 0 radical (unpaired) electrons. The van der Waals surface area contributed by atoms with Gasteiger partial charge in [-0.2, -0.15) is 0 Å². The maximum atomic E-state index is 2.43. The van der Waals surface area contributed by atoms with Crippen LogP contribution in [0.2, 0.25) is 0 Å². The Morgan fingerprint density at radius 3 is 2.47 bits per heavy atom. The van der Waals surface area contributed by atoms with Gasteiger partial charge < -0.3 is 4.90 Å². The number of aryl methyl sites for hydroxylation is 2. The molecule has 0 amide bonds. The van der Waals surface area contributed by atoms with Crippen LogP contribution in [0.4, 0.5) is 0 Å². The first-order chi connectivity index (χ1) is 9.15. The van der Waals surface area contributed by atoms with E-state index < -0.39 is 0 Å². The van der Waals surface area contributed by atoms with Crippen LogP contribution in [0.1, 0.15) is 33.7 Å². The first kappa shape index (κ1) is 12.4. The molecule has 0 saturated heterocycles. The van der Waals surface area contributed by atoms with Crippen LogP contribution in [0.3, 0.4) is 0 Å². The van der Waals surface area contributed by atoms with Crippen molar-refractivity contribution in [2.24, 2.45) is 0 Å². The minimum Gasteiger partial charge on any atom is -0.301 e. The lowest BCUT2D eigenvalue weighted by molar-refractivity contribution is 0.294. The van der Waals surface area contributed by atoms with Gasteiger partial charge in [-0.05, 0) is 43.1 Å². The monoisotopic (exact) mass is 251 g/mol. The Bertz CT molecular complexity index is 583. The number of likely N-dealkylation sites (N-methyl/N-ethyl adjacent to an activating group) is 1. The Morgan fingerprint density at radius 2 is 1.74 bits per heavy atom. The third-order valence-corrected chi connectivity index (χ3v) is 4.22. The number of rotatable bonds is 1. The Hall–Kier alpha value is -1.60. The van der Waals surface area contributed by atoms with Gasteiger partial charge in [0.1, 0.15) is 0 Å². The topological polar surface area (TPSA) is 3.24 Å². The fraction of sp³-hybridized carbons (Fsp3) is 0.333. The molecule has 19 heavy (non-hydrogen) atoms. The van der Waals surface area contributed by atoms with Gasteiger partial charge in [0.05, 0.1) is 0 Å². The van der Waals surface area contributed by atoms with E-state index in [1.165, 1.54) is 27.8 Å². The van der Waals surface area contributed by atoms with Gasteiger partial charge in [0.25, 0.3) is 0 Å². The summed E-state index contributed by atoms with van der Waals surface area (Å²) in [5.74, 6) is 0.509. The van der Waals surface area contributed by atoms with E-state index in [1.54, 1.807) is 0 Å². The molecule has 0 fully saturated rings. The largest absolute Gasteiger partial charge is 0.301 e. The highest BCUT2D eigenvalue weighted by Crippen LogP contribution is 2.34. The van der Waals surface area contributed by atoms with Crippen LogP contribution < -0.4 is 0 Å².